The Kier molecular flexibility index (Phi) is 384. The quantitative estimate of drug-likeness (QED) is 0.613. The van der Waals surface area contributed by atoms with Crippen LogP contribution in [0.25, 0.3) is 0 Å². The molecule has 0 saturated carbocycles. The molecular formula is C2H6IrO-2. The Balaban J connectivity index is -0.00000000500. The predicted octanol–water partition coefficient (Wildman–Crippen LogP) is 0.598. The van der Waals surface area contributed by atoms with Crippen LogP contribution in [-0.4, -0.2) is 5.11 Å². The van der Waals surface area contributed by atoms with E-state index in [0.717, 1.165) is 0 Å². The van der Waals surface area contributed by atoms with Gasteiger partial charge in [-0.3, -0.25) is 0 Å². The smallest absolute Gasteiger partial charge is 0 e. The van der Waals surface area contributed by atoms with Crippen LogP contribution in [0.2, 0.25) is 0 Å². The third kappa shape index (κ3) is 18.2. The summed E-state index contributed by atoms with van der Waals surface area (Å²) >= 11 is 0. The van der Waals surface area contributed by atoms with Crippen LogP contribution in [-0.2, 0) is 20.1 Å². The van der Waals surface area contributed by atoms with Crippen LogP contribution in [0.3, 0.4) is 0 Å². The Morgan fingerprint density at radius 3 is 1.25 bits per heavy atom. The van der Waals surface area contributed by atoms with E-state index in [1.807, 2.05) is 0 Å². The summed E-state index contributed by atoms with van der Waals surface area (Å²) in [4.78, 5) is 0. The summed E-state index contributed by atoms with van der Waals surface area (Å²) in [6.45, 7) is 0. The van der Waals surface area contributed by atoms with Crippen LogP contribution in [0.4, 0.5) is 0 Å². The summed E-state index contributed by atoms with van der Waals surface area (Å²) in [5, 5.41) is 6.75. The van der Waals surface area contributed by atoms with Gasteiger partial charge in [-0.25, -0.2) is 7.11 Å². The van der Waals surface area contributed by atoms with Gasteiger partial charge >= 0.3 is 0 Å². The maximum Gasteiger partial charge on any atom is 0 e. The van der Waals surface area contributed by atoms with Gasteiger partial charge in [-0.2, -0.15) is 0 Å². The van der Waals surface area contributed by atoms with Crippen molar-refractivity contribution in [1.29, 1.82) is 0 Å². The van der Waals surface area contributed by atoms with Crippen molar-refractivity contribution in [3.8, 4) is 0 Å². The average Bonchev–Trinajstić information content (AvgIpc) is 1.00. The van der Waals surface area contributed by atoms with Gasteiger partial charge in [-0.15, -0.1) is 0 Å². The molecule has 2 heteroatoms. The molecule has 0 rings (SSSR count). The molecule has 1 nitrogen and oxygen atoms in total. The molecule has 0 aromatic rings. The van der Waals surface area contributed by atoms with Crippen molar-refractivity contribution in [2.45, 2.75) is 0 Å². The fourth-order valence-electron chi connectivity index (χ4n) is 0. The fraction of sp³-hybridized carbons (Fsp3) is 0. The largest absolute Gasteiger partial charge is 0.569 e. The second-order valence-corrected chi connectivity index (χ2v) is 0. The standard InChI is InChI=1S/CH3O.CH3.Ir/c1-2;;/h2H,1H2;1H3;/q2*-1;. The molecule has 0 aromatic heterocycles. The molecule has 0 aliphatic rings. The molecule has 0 aliphatic heterocycles. The third-order valence-electron chi connectivity index (χ3n) is 0. The zero-order chi connectivity index (χ0) is 2.00. The molecule has 0 heterocycles. The zero-order valence-corrected chi connectivity index (χ0v) is 4.88. The molecule has 0 atom stereocenters. The van der Waals surface area contributed by atoms with Crippen molar-refractivity contribution >= 4 is 0 Å². The van der Waals surface area contributed by atoms with E-state index in [9.17, 15) is 0 Å². The maximum absolute atomic E-state index is 6.75. The number of aliphatic hydroxyl groups excluding tert-OH is 1. The average molecular weight is 238 g/mol. The second kappa shape index (κ2) is 66.2. The maximum atomic E-state index is 6.75. The van der Waals surface area contributed by atoms with Crippen molar-refractivity contribution in [3.63, 3.8) is 0 Å². The molecule has 0 aliphatic carbocycles. The predicted molar refractivity (Wildman–Crippen MR) is 13.7 cm³/mol. The van der Waals surface area contributed by atoms with Crippen molar-refractivity contribution in [3.05, 3.63) is 14.5 Å². The van der Waals surface area contributed by atoms with Crippen LogP contribution in [0, 0.1) is 14.5 Å². The van der Waals surface area contributed by atoms with Crippen molar-refractivity contribution in [1.82, 2.24) is 0 Å². The third-order valence-corrected chi connectivity index (χ3v) is 0. The molecule has 0 spiro atoms. The van der Waals surface area contributed by atoms with Gasteiger partial charge in [0.05, 0.1) is 0 Å². The van der Waals surface area contributed by atoms with Crippen molar-refractivity contribution < 1.29 is 25.2 Å². The first-order chi connectivity index (χ1) is 1.00. The van der Waals surface area contributed by atoms with Crippen LogP contribution in [0.1, 0.15) is 0 Å². The number of aliphatic hydroxyl groups is 1. The van der Waals surface area contributed by atoms with Crippen LogP contribution in [0.15, 0.2) is 0 Å². The van der Waals surface area contributed by atoms with E-state index in [1.54, 1.807) is 0 Å². The van der Waals surface area contributed by atoms with E-state index in [1.165, 1.54) is 0 Å². The van der Waals surface area contributed by atoms with Gasteiger partial charge in [0.25, 0.3) is 0 Å². The summed E-state index contributed by atoms with van der Waals surface area (Å²) < 4.78 is 0. The minimum atomic E-state index is 0. The molecule has 4 heavy (non-hydrogen) atoms. The fourth-order valence-corrected chi connectivity index (χ4v) is 0. The molecule has 1 N–H and O–H groups in total. The minimum absolute atomic E-state index is 0. The Bertz CT molecular complexity index is 6.00. The molecule has 31 valence electrons. The monoisotopic (exact) mass is 239 g/mol. The molecule has 0 amide bonds. The Morgan fingerprint density at radius 1 is 1.25 bits per heavy atom. The van der Waals surface area contributed by atoms with Gasteiger partial charge in [-0.1, -0.05) is 0 Å². The SMILES string of the molecule is [CH2-]O.[CH3-].[Ir]. The van der Waals surface area contributed by atoms with Gasteiger partial charge in [0.15, 0.2) is 0 Å². The van der Waals surface area contributed by atoms with Crippen LogP contribution < -0.4 is 0 Å². The first-order valence-corrected chi connectivity index (χ1v) is 0.316. The van der Waals surface area contributed by atoms with E-state index in [0.29, 0.717) is 0 Å². The summed E-state index contributed by atoms with van der Waals surface area (Å²) in [5.41, 5.74) is 0. The van der Waals surface area contributed by atoms with Gasteiger partial charge < -0.3 is 12.5 Å². The van der Waals surface area contributed by atoms with Gasteiger partial charge in [0, 0.05) is 20.1 Å². The Morgan fingerprint density at radius 2 is 1.25 bits per heavy atom. The molecule has 0 bridgehead atoms. The van der Waals surface area contributed by atoms with E-state index >= 15 is 0 Å². The first kappa shape index (κ1) is 23.2. The first-order valence-electron chi connectivity index (χ1n) is 0.316. The van der Waals surface area contributed by atoms with E-state index in [4.69, 9.17) is 5.11 Å². The van der Waals surface area contributed by atoms with Crippen LogP contribution in [0.5, 0.6) is 0 Å². The van der Waals surface area contributed by atoms with Gasteiger partial charge in [0.1, 0.15) is 0 Å². The Hall–Kier alpha value is 0.609. The summed E-state index contributed by atoms with van der Waals surface area (Å²) in [5.74, 6) is 0. The van der Waals surface area contributed by atoms with Gasteiger partial charge in [-0.05, 0) is 0 Å². The summed E-state index contributed by atoms with van der Waals surface area (Å²) in [6.07, 6.45) is 0. The van der Waals surface area contributed by atoms with E-state index in [-0.39, 0.29) is 27.5 Å². The van der Waals surface area contributed by atoms with E-state index in [2.05, 4.69) is 7.11 Å². The van der Waals surface area contributed by atoms with Crippen molar-refractivity contribution in [2.75, 3.05) is 0 Å². The normalized spacial score (nSPS) is 1.50. The van der Waals surface area contributed by atoms with Crippen LogP contribution >= 0.6 is 0 Å². The minimum Gasteiger partial charge on any atom is -0.569 e. The second-order valence-electron chi connectivity index (χ2n) is 0. The zero-order valence-electron chi connectivity index (χ0n) is 2.49. The van der Waals surface area contributed by atoms with Gasteiger partial charge in [0.2, 0.25) is 0 Å². The molecular weight excluding hydrogens is 232 g/mol. The molecule has 1 radical (unpaired) electrons. The molecule has 0 aromatic carbocycles. The van der Waals surface area contributed by atoms with Crippen molar-refractivity contribution in [2.24, 2.45) is 0 Å². The molecule has 0 unspecified atom stereocenters. The topological polar surface area (TPSA) is 20.2 Å². The molecule has 0 fully saturated rings. The summed E-state index contributed by atoms with van der Waals surface area (Å²) in [6, 6.07) is 0. The Labute approximate surface area is 40.4 Å². The number of rotatable bonds is 0. The number of hydrogen-bond acceptors (Lipinski definition) is 1. The number of hydrogen-bond donors (Lipinski definition) is 1. The molecule has 0 saturated heterocycles. The van der Waals surface area contributed by atoms with E-state index < -0.39 is 0 Å². The summed E-state index contributed by atoms with van der Waals surface area (Å²) in [7, 11) is 2.25.